The summed E-state index contributed by atoms with van der Waals surface area (Å²) in [5.41, 5.74) is 0. The lowest BCUT2D eigenvalue weighted by Gasteiger charge is -2.34. The summed E-state index contributed by atoms with van der Waals surface area (Å²) in [6.45, 7) is 1.10. The molecule has 20 heavy (non-hydrogen) atoms. The molecular weight excluding hydrogens is 282 g/mol. The van der Waals surface area contributed by atoms with E-state index in [1.54, 1.807) is 24.3 Å². The maximum Gasteiger partial charge on any atom is 0.345 e. The van der Waals surface area contributed by atoms with E-state index in [1.165, 1.54) is 6.92 Å². The highest BCUT2D eigenvalue weighted by Gasteiger charge is 2.43. The first kappa shape index (κ1) is 14.4. The number of esters is 1. The fourth-order valence-electron chi connectivity index (χ4n) is 1.56. The lowest BCUT2D eigenvalue weighted by atomic mass is 10.2. The first-order valence-electron chi connectivity index (χ1n) is 5.91. The number of hydrogen-bond donors (Lipinski definition) is 1. The van der Waals surface area contributed by atoms with E-state index < -0.39 is 23.4 Å². The maximum absolute atomic E-state index is 11.6. The number of nitrogens with one attached hydrogen (secondary N) is 1. The second-order valence-electron chi connectivity index (χ2n) is 4.05. The summed E-state index contributed by atoms with van der Waals surface area (Å²) in [4.78, 5) is 33.8. The summed E-state index contributed by atoms with van der Waals surface area (Å²) in [6.07, 6.45) is -0.934. The van der Waals surface area contributed by atoms with Gasteiger partial charge >= 0.3 is 5.97 Å². The van der Waals surface area contributed by atoms with Crippen molar-refractivity contribution in [1.82, 2.24) is 5.32 Å². The third-order valence-electron chi connectivity index (χ3n) is 2.47. The lowest BCUT2D eigenvalue weighted by molar-refractivity contribution is -0.164. The van der Waals surface area contributed by atoms with Crippen molar-refractivity contribution in [1.29, 1.82) is 0 Å². The Morgan fingerprint density at radius 1 is 1.30 bits per heavy atom. The molecule has 2 rings (SSSR count). The summed E-state index contributed by atoms with van der Waals surface area (Å²) in [5.74, 6) is -0.517. The number of ether oxygens (including phenoxy) is 2. The summed E-state index contributed by atoms with van der Waals surface area (Å²) < 4.78 is 10.2. The SMILES string of the molecule is CC(=O)S[C@H]1NC(=O)[C@@H]1OC(=O)COc1ccccc1. The van der Waals surface area contributed by atoms with E-state index in [0.29, 0.717) is 5.75 Å². The van der Waals surface area contributed by atoms with Crippen LogP contribution in [0.4, 0.5) is 0 Å². The monoisotopic (exact) mass is 295 g/mol. The van der Waals surface area contributed by atoms with E-state index >= 15 is 0 Å². The average molecular weight is 295 g/mol. The van der Waals surface area contributed by atoms with Crippen LogP contribution in [0.2, 0.25) is 0 Å². The van der Waals surface area contributed by atoms with Crippen molar-refractivity contribution >= 4 is 28.8 Å². The van der Waals surface area contributed by atoms with Crippen molar-refractivity contribution in [2.75, 3.05) is 6.61 Å². The van der Waals surface area contributed by atoms with E-state index in [1.807, 2.05) is 6.07 Å². The zero-order chi connectivity index (χ0) is 14.5. The molecule has 1 heterocycles. The Balaban J connectivity index is 1.79. The van der Waals surface area contributed by atoms with Crippen LogP contribution in [0.25, 0.3) is 0 Å². The Labute approximate surface area is 119 Å². The average Bonchev–Trinajstić information content (AvgIpc) is 2.43. The molecule has 1 saturated heterocycles. The van der Waals surface area contributed by atoms with Crippen LogP contribution in [0.3, 0.4) is 0 Å². The van der Waals surface area contributed by atoms with Gasteiger partial charge in [0.05, 0.1) is 0 Å². The zero-order valence-corrected chi connectivity index (χ0v) is 11.5. The van der Waals surface area contributed by atoms with Crippen LogP contribution in [0, 0.1) is 0 Å². The van der Waals surface area contributed by atoms with Gasteiger partial charge in [0.25, 0.3) is 5.91 Å². The van der Waals surface area contributed by atoms with Crippen molar-refractivity contribution in [3.63, 3.8) is 0 Å². The molecule has 1 aliphatic rings. The molecule has 1 fully saturated rings. The largest absolute Gasteiger partial charge is 0.482 e. The number of rotatable bonds is 5. The van der Waals surface area contributed by atoms with Gasteiger partial charge in [-0.25, -0.2) is 4.79 Å². The molecule has 1 aromatic carbocycles. The molecule has 2 atom stereocenters. The van der Waals surface area contributed by atoms with Crippen molar-refractivity contribution < 1.29 is 23.9 Å². The van der Waals surface area contributed by atoms with Gasteiger partial charge in [0.2, 0.25) is 6.10 Å². The standard InChI is InChI=1S/C13H13NO5S/c1-8(15)20-13-11(12(17)14-13)19-10(16)7-18-9-5-3-2-4-6-9/h2-6,11,13H,7H2,1H3,(H,14,17)/t11-,13+/m0/s1. The van der Waals surface area contributed by atoms with E-state index in [0.717, 1.165) is 11.8 Å². The molecule has 1 aliphatic heterocycles. The molecule has 1 N–H and O–H groups in total. The summed E-state index contributed by atoms with van der Waals surface area (Å²) in [7, 11) is 0. The first-order chi connectivity index (χ1) is 9.56. The minimum Gasteiger partial charge on any atom is -0.482 e. The summed E-state index contributed by atoms with van der Waals surface area (Å²) in [6, 6.07) is 8.79. The number of benzene rings is 1. The van der Waals surface area contributed by atoms with Gasteiger partial charge in [-0.2, -0.15) is 0 Å². The van der Waals surface area contributed by atoms with Crippen LogP contribution in [0.5, 0.6) is 5.75 Å². The van der Waals surface area contributed by atoms with Crippen LogP contribution in [-0.2, 0) is 19.1 Å². The van der Waals surface area contributed by atoms with Gasteiger partial charge < -0.3 is 14.8 Å². The lowest BCUT2D eigenvalue weighted by Crippen LogP contribution is -2.62. The normalized spacial score (nSPS) is 20.6. The molecule has 0 unspecified atom stereocenters. The zero-order valence-electron chi connectivity index (χ0n) is 10.7. The number of carbonyl (C=O) groups is 3. The van der Waals surface area contributed by atoms with Crippen molar-refractivity contribution in [2.24, 2.45) is 0 Å². The van der Waals surface area contributed by atoms with Gasteiger partial charge in [-0.1, -0.05) is 30.0 Å². The van der Waals surface area contributed by atoms with E-state index in [9.17, 15) is 14.4 Å². The van der Waals surface area contributed by atoms with Gasteiger partial charge in [0.1, 0.15) is 11.1 Å². The molecule has 0 saturated carbocycles. The number of hydrogen-bond acceptors (Lipinski definition) is 6. The van der Waals surface area contributed by atoms with Crippen LogP contribution in [0.15, 0.2) is 30.3 Å². The minimum absolute atomic E-state index is 0.156. The van der Waals surface area contributed by atoms with E-state index in [4.69, 9.17) is 9.47 Å². The Kier molecular flexibility index (Phi) is 4.62. The Morgan fingerprint density at radius 2 is 2.00 bits per heavy atom. The smallest absolute Gasteiger partial charge is 0.345 e. The predicted octanol–water partition coefficient (Wildman–Crippen LogP) is 0.713. The molecule has 0 bridgehead atoms. The molecule has 106 valence electrons. The van der Waals surface area contributed by atoms with Gasteiger partial charge in [-0.3, -0.25) is 9.59 Å². The van der Waals surface area contributed by atoms with Crippen molar-refractivity contribution in [3.05, 3.63) is 30.3 Å². The van der Waals surface area contributed by atoms with Crippen molar-refractivity contribution in [3.8, 4) is 5.75 Å². The Hall–Kier alpha value is -2.02. The van der Waals surface area contributed by atoms with Gasteiger partial charge in [-0.05, 0) is 12.1 Å². The minimum atomic E-state index is -0.934. The van der Waals surface area contributed by atoms with Crippen molar-refractivity contribution in [2.45, 2.75) is 18.4 Å². The fourth-order valence-corrected chi connectivity index (χ4v) is 2.39. The second kappa shape index (κ2) is 6.42. The molecule has 0 aromatic heterocycles. The number of carbonyl (C=O) groups excluding carboxylic acids is 3. The van der Waals surface area contributed by atoms with E-state index in [-0.39, 0.29) is 11.7 Å². The van der Waals surface area contributed by atoms with E-state index in [2.05, 4.69) is 5.32 Å². The summed E-state index contributed by atoms with van der Waals surface area (Å²) >= 11 is 0.921. The molecule has 7 heteroatoms. The highest BCUT2D eigenvalue weighted by molar-refractivity contribution is 8.14. The molecular formula is C13H13NO5S. The van der Waals surface area contributed by atoms with Crippen LogP contribution >= 0.6 is 11.8 Å². The van der Waals surface area contributed by atoms with Gasteiger partial charge in [0.15, 0.2) is 11.7 Å². The fraction of sp³-hybridized carbons (Fsp3) is 0.308. The molecule has 0 radical (unpaired) electrons. The van der Waals surface area contributed by atoms with Gasteiger partial charge in [-0.15, -0.1) is 0 Å². The number of amides is 1. The Morgan fingerprint density at radius 3 is 2.60 bits per heavy atom. The summed E-state index contributed by atoms with van der Waals surface area (Å²) in [5, 5.41) is 1.82. The molecule has 0 spiro atoms. The highest BCUT2D eigenvalue weighted by Crippen LogP contribution is 2.23. The topological polar surface area (TPSA) is 81.7 Å². The predicted molar refractivity (Wildman–Crippen MR) is 72.0 cm³/mol. The molecule has 1 aromatic rings. The highest BCUT2D eigenvalue weighted by atomic mass is 32.2. The van der Waals surface area contributed by atoms with Gasteiger partial charge in [0, 0.05) is 6.92 Å². The second-order valence-corrected chi connectivity index (χ2v) is 5.37. The van der Waals surface area contributed by atoms with Crippen LogP contribution in [0.1, 0.15) is 6.92 Å². The number of thioether (sulfide) groups is 1. The molecule has 6 nitrogen and oxygen atoms in total. The van der Waals surface area contributed by atoms with Crippen LogP contribution in [-0.4, -0.2) is 35.1 Å². The molecule has 0 aliphatic carbocycles. The number of para-hydroxylation sites is 1. The van der Waals surface area contributed by atoms with Crippen LogP contribution < -0.4 is 10.1 Å². The Bertz CT molecular complexity index is 519. The third kappa shape index (κ3) is 3.74. The number of β-lactam (4-membered cyclic amide) rings is 1. The quantitative estimate of drug-likeness (QED) is 0.636. The third-order valence-corrected chi connectivity index (χ3v) is 3.42. The molecule has 1 amide bonds. The first-order valence-corrected chi connectivity index (χ1v) is 6.79. The maximum atomic E-state index is 11.6.